The van der Waals surface area contributed by atoms with Gasteiger partial charge in [0, 0.05) is 3.57 Å². The van der Waals surface area contributed by atoms with Crippen molar-refractivity contribution in [3.8, 4) is 17.2 Å². The van der Waals surface area contributed by atoms with Crippen LogP contribution in [0.4, 0.5) is 0 Å². The fourth-order valence-corrected chi connectivity index (χ4v) is 3.30. The van der Waals surface area contributed by atoms with Crippen molar-refractivity contribution in [1.82, 2.24) is 5.43 Å². The summed E-state index contributed by atoms with van der Waals surface area (Å²) >= 11 is 2.08. The van der Waals surface area contributed by atoms with Crippen molar-refractivity contribution >= 4 is 40.7 Å². The molecule has 0 aromatic heterocycles. The van der Waals surface area contributed by atoms with Gasteiger partial charge in [-0.3, -0.25) is 4.79 Å². The summed E-state index contributed by atoms with van der Waals surface area (Å²) in [4.78, 5) is 24.4. The van der Waals surface area contributed by atoms with Gasteiger partial charge >= 0.3 is 5.97 Å². The van der Waals surface area contributed by atoms with E-state index in [-0.39, 0.29) is 12.4 Å². The standard InChI is InChI=1S/C24H21IN2O5/c1-16-6-5-7-18(12-16)31-15-23(28)27-26-14-17-10-11-21(22(13-17)30-2)32-24(29)19-8-3-4-9-20(19)25/h3-14H,15H2,1-2H3,(H,27,28). The van der Waals surface area contributed by atoms with Gasteiger partial charge in [-0.25, -0.2) is 10.2 Å². The fourth-order valence-electron chi connectivity index (χ4n) is 2.70. The largest absolute Gasteiger partial charge is 0.493 e. The van der Waals surface area contributed by atoms with Crippen LogP contribution in [0.1, 0.15) is 21.5 Å². The van der Waals surface area contributed by atoms with Crippen LogP contribution in [0.3, 0.4) is 0 Å². The molecule has 0 aliphatic rings. The van der Waals surface area contributed by atoms with Crippen LogP contribution in [0.5, 0.6) is 17.2 Å². The van der Waals surface area contributed by atoms with Crippen LogP contribution < -0.4 is 19.6 Å². The summed E-state index contributed by atoms with van der Waals surface area (Å²) in [7, 11) is 1.48. The van der Waals surface area contributed by atoms with Gasteiger partial charge in [0.15, 0.2) is 18.1 Å². The lowest BCUT2D eigenvalue weighted by molar-refractivity contribution is -0.123. The number of rotatable bonds is 8. The molecule has 1 amide bonds. The number of hydrogen-bond donors (Lipinski definition) is 1. The Morgan fingerprint density at radius 3 is 2.59 bits per heavy atom. The summed E-state index contributed by atoms with van der Waals surface area (Å²) in [5, 5.41) is 3.93. The highest BCUT2D eigenvalue weighted by atomic mass is 127. The van der Waals surface area contributed by atoms with Gasteiger partial charge in [0.1, 0.15) is 5.75 Å². The normalized spacial score (nSPS) is 10.6. The highest BCUT2D eigenvalue weighted by molar-refractivity contribution is 14.1. The van der Waals surface area contributed by atoms with Gasteiger partial charge in [0.2, 0.25) is 0 Å². The highest BCUT2D eigenvalue weighted by Gasteiger charge is 2.15. The first-order chi connectivity index (χ1) is 15.5. The van der Waals surface area contributed by atoms with Gasteiger partial charge in [-0.1, -0.05) is 24.3 Å². The van der Waals surface area contributed by atoms with Crippen LogP contribution in [0.2, 0.25) is 0 Å². The summed E-state index contributed by atoms with van der Waals surface area (Å²) in [6.45, 7) is 1.79. The van der Waals surface area contributed by atoms with Crippen LogP contribution in [-0.2, 0) is 4.79 Å². The number of halogens is 1. The minimum absolute atomic E-state index is 0.155. The second-order valence-electron chi connectivity index (χ2n) is 6.68. The number of aryl methyl sites for hydroxylation is 1. The number of nitrogens with one attached hydrogen (secondary N) is 1. The molecule has 0 atom stereocenters. The molecule has 0 aliphatic carbocycles. The summed E-state index contributed by atoms with van der Waals surface area (Å²) < 4.78 is 17.0. The molecule has 3 aromatic rings. The summed E-state index contributed by atoms with van der Waals surface area (Å²) in [5.41, 5.74) is 4.57. The molecule has 32 heavy (non-hydrogen) atoms. The van der Waals surface area contributed by atoms with Crippen LogP contribution >= 0.6 is 22.6 Å². The van der Waals surface area contributed by atoms with Gasteiger partial charge in [0.05, 0.1) is 18.9 Å². The van der Waals surface area contributed by atoms with Crippen LogP contribution in [0.15, 0.2) is 71.8 Å². The summed E-state index contributed by atoms with van der Waals surface area (Å²) in [6, 6.07) is 19.5. The predicted molar refractivity (Wildman–Crippen MR) is 130 cm³/mol. The molecule has 0 aliphatic heterocycles. The van der Waals surface area contributed by atoms with Crippen LogP contribution in [-0.4, -0.2) is 31.8 Å². The Balaban J connectivity index is 1.58. The molecular weight excluding hydrogens is 523 g/mol. The molecule has 1 N–H and O–H groups in total. The maximum atomic E-state index is 12.4. The van der Waals surface area contributed by atoms with Crippen molar-refractivity contribution in [2.45, 2.75) is 6.92 Å². The lowest BCUT2D eigenvalue weighted by Gasteiger charge is -2.10. The predicted octanol–water partition coefficient (Wildman–Crippen LogP) is 4.36. The highest BCUT2D eigenvalue weighted by Crippen LogP contribution is 2.29. The van der Waals surface area contributed by atoms with E-state index in [4.69, 9.17) is 14.2 Å². The number of nitrogens with zero attached hydrogens (tertiary/aromatic N) is 1. The monoisotopic (exact) mass is 544 g/mol. The quantitative estimate of drug-likeness (QED) is 0.150. The van der Waals surface area contributed by atoms with Crippen molar-refractivity contribution < 1.29 is 23.8 Å². The molecule has 7 nitrogen and oxygen atoms in total. The molecule has 3 rings (SSSR count). The number of carbonyl (C=O) groups excluding carboxylic acids is 2. The van der Waals surface area contributed by atoms with E-state index in [0.717, 1.165) is 9.13 Å². The first-order valence-corrected chi connectivity index (χ1v) is 10.7. The van der Waals surface area contributed by atoms with Gasteiger partial charge in [-0.15, -0.1) is 0 Å². The third kappa shape index (κ3) is 6.55. The summed E-state index contributed by atoms with van der Waals surface area (Å²) in [5.74, 6) is 0.393. The second kappa shape index (κ2) is 11.3. The first kappa shape index (κ1) is 23.3. The Morgan fingerprint density at radius 2 is 1.84 bits per heavy atom. The van der Waals surface area contributed by atoms with Gasteiger partial charge in [-0.2, -0.15) is 5.10 Å². The fraction of sp³-hybridized carbons (Fsp3) is 0.125. The molecule has 164 valence electrons. The molecule has 0 unspecified atom stereocenters. The number of ether oxygens (including phenoxy) is 3. The zero-order chi connectivity index (χ0) is 22.9. The minimum Gasteiger partial charge on any atom is -0.493 e. The zero-order valence-corrected chi connectivity index (χ0v) is 19.7. The number of amides is 1. The first-order valence-electron chi connectivity index (χ1n) is 9.62. The van der Waals surface area contributed by atoms with E-state index in [0.29, 0.717) is 22.6 Å². The van der Waals surface area contributed by atoms with Crippen molar-refractivity contribution in [2.75, 3.05) is 13.7 Å². The number of benzene rings is 3. The van der Waals surface area contributed by atoms with E-state index in [1.54, 1.807) is 36.4 Å². The molecule has 3 aromatic carbocycles. The molecule has 8 heteroatoms. The Kier molecular flexibility index (Phi) is 8.20. The molecule has 0 heterocycles. The van der Waals surface area contributed by atoms with Crippen LogP contribution in [0, 0.1) is 10.5 Å². The molecule has 0 spiro atoms. The lowest BCUT2D eigenvalue weighted by atomic mass is 10.2. The average molecular weight is 544 g/mol. The summed E-state index contributed by atoms with van der Waals surface area (Å²) in [6.07, 6.45) is 1.46. The van der Waals surface area contributed by atoms with E-state index >= 15 is 0 Å². The topological polar surface area (TPSA) is 86.2 Å². The van der Waals surface area contributed by atoms with Crippen LogP contribution in [0.25, 0.3) is 0 Å². The molecular formula is C24H21IN2O5. The number of hydrazone groups is 1. The van der Waals surface area contributed by atoms with E-state index in [9.17, 15) is 9.59 Å². The van der Waals surface area contributed by atoms with E-state index in [2.05, 4.69) is 33.1 Å². The Hall–Kier alpha value is -3.40. The number of esters is 1. The Morgan fingerprint density at radius 1 is 1.03 bits per heavy atom. The number of methoxy groups -OCH3 is 1. The van der Waals surface area contributed by atoms with Crippen molar-refractivity contribution in [2.24, 2.45) is 5.10 Å². The zero-order valence-electron chi connectivity index (χ0n) is 17.5. The van der Waals surface area contributed by atoms with Gasteiger partial charge < -0.3 is 14.2 Å². The molecule has 0 saturated carbocycles. The van der Waals surface area contributed by atoms with E-state index in [1.165, 1.54) is 13.3 Å². The number of hydrogen-bond acceptors (Lipinski definition) is 6. The Labute approximate surface area is 199 Å². The molecule has 0 radical (unpaired) electrons. The minimum atomic E-state index is -0.476. The van der Waals surface area contributed by atoms with Crippen molar-refractivity contribution in [3.05, 3.63) is 87.0 Å². The molecule has 0 fully saturated rings. The van der Waals surface area contributed by atoms with Gasteiger partial charge in [-0.05, 0) is 83.1 Å². The average Bonchev–Trinajstić information content (AvgIpc) is 2.79. The lowest BCUT2D eigenvalue weighted by Crippen LogP contribution is -2.24. The third-order valence-electron chi connectivity index (χ3n) is 4.25. The molecule has 0 saturated heterocycles. The van der Waals surface area contributed by atoms with E-state index in [1.807, 2.05) is 37.3 Å². The van der Waals surface area contributed by atoms with E-state index < -0.39 is 11.9 Å². The van der Waals surface area contributed by atoms with Crippen molar-refractivity contribution in [3.63, 3.8) is 0 Å². The number of carbonyl (C=O) groups is 2. The van der Waals surface area contributed by atoms with Crippen molar-refractivity contribution in [1.29, 1.82) is 0 Å². The maximum Gasteiger partial charge on any atom is 0.344 e. The second-order valence-corrected chi connectivity index (χ2v) is 7.84. The smallest absolute Gasteiger partial charge is 0.344 e. The molecule has 0 bridgehead atoms. The van der Waals surface area contributed by atoms with Gasteiger partial charge in [0.25, 0.3) is 5.91 Å². The SMILES string of the molecule is COc1cc(C=NNC(=O)COc2cccc(C)c2)ccc1OC(=O)c1ccccc1I. The Bertz CT molecular complexity index is 1150. The maximum absolute atomic E-state index is 12.4. The third-order valence-corrected chi connectivity index (χ3v) is 5.19.